The highest BCUT2D eigenvalue weighted by Crippen LogP contribution is 2.32. The summed E-state index contributed by atoms with van der Waals surface area (Å²) in [5.74, 6) is 0. The highest BCUT2D eigenvalue weighted by Gasteiger charge is 2.24. The minimum atomic E-state index is -2.84. The van der Waals surface area contributed by atoms with E-state index in [-0.39, 0.29) is 5.57 Å². The van der Waals surface area contributed by atoms with Crippen molar-refractivity contribution in [2.45, 2.75) is 53.6 Å². The fourth-order valence-corrected chi connectivity index (χ4v) is 0.915. The second-order valence-corrected chi connectivity index (χ2v) is 3.31. The van der Waals surface area contributed by atoms with Crippen molar-refractivity contribution in [2.24, 2.45) is 0 Å². The van der Waals surface area contributed by atoms with E-state index in [9.17, 15) is 8.78 Å². The van der Waals surface area contributed by atoms with Crippen LogP contribution in [0, 0.1) is 0 Å². The Labute approximate surface area is 108 Å². The van der Waals surface area contributed by atoms with Crippen LogP contribution < -0.4 is 0 Å². The highest BCUT2D eigenvalue weighted by molar-refractivity contribution is 7.18. The maximum Gasteiger partial charge on any atom is 0.283 e. The van der Waals surface area contributed by atoms with Crippen molar-refractivity contribution in [3.63, 3.8) is 0 Å². The maximum absolute atomic E-state index is 12.8. The van der Waals surface area contributed by atoms with Crippen molar-refractivity contribution in [2.75, 3.05) is 0 Å². The molecular formula is C14H27F2P. The third-order valence-electron chi connectivity index (χ3n) is 1.39. The molecule has 0 aliphatic carbocycles. The van der Waals surface area contributed by atoms with Gasteiger partial charge in [0.15, 0.2) is 0 Å². The van der Waals surface area contributed by atoms with Crippen LogP contribution in [0.3, 0.4) is 0 Å². The van der Waals surface area contributed by atoms with E-state index in [2.05, 4.69) is 0 Å². The summed E-state index contributed by atoms with van der Waals surface area (Å²) in [6.07, 6.45) is 8.66. The molecule has 0 aliphatic heterocycles. The minimum Gasteiger partial charge on any atom is -0.197 e. The second kappa shape index (κ2) is 15.5. The molecule has 0 saturated heterocycles. The molecule has 0 aromatic heterocycles. The predicted molar refractivity (Wildman–Crippen MR) is 79.7 cm³/mol. The van der Waals surface area contributed by atoms with Crippen molar-refractivity contribution in [1.29, 1.82) is 0 Å². The average molecular weight is 264 g/mol. The maximum atomic E-state index is 12.8. The van der Waals surface area contributed by atoms with Crippen molar-refractivity contribution < 1.29 is 8.78 Å². The number of halogens is 2. The summed E-state index contributed by atoms with van der Waals surface area (Å²) in [5, 5.41) is 0. The summed E-state index contributed by atoms with van der Waals surface area (Å²) < 4.78 is 25.7. The summed E-state index contributed by atoms with van der Waals surface area (Å²) in [6.45, 7) is 11.7. The van der Waals surface area contributed by atoms with Crippen LogP contribution in [-0.4, -0.2) is 5.66 Å². The molecule has 1 atom stereocenters. The van der Waals surface area contributed by atoms with Gasteiger partial charge < -0.3 is 0 Å². The molecule has 0 fully saturated rings. The molecule has 0 spiro atoms. The third kappa shape index (κ3) is 15.5. The predicted octanol–water partition coefficient (Wildman–Crippen LogP) is 5.98. The number of alkyl halides is 2. The van der Waals surface area contributed by atoms with Gasteiger partial charge in [-0.2, -0.15) is 8.78 Å². The summed E-state index contributed by atoms with van der Waals surface area (Å²) in [5.41, 5.74) is -2.83. The SMILES string of the molecule is C/C=C/C=C(\C=C/CC)C(F)(F)P.CC.CC. The molecule has 17 heavy (non-hydrogen) atoms. The first-order valence-electron chi connectivity index (χ1n) is 6.19. The van der Waals surface area contributed by atoms with Gasteiger partial charge in [-0.05, 0) is 13.3 Å². The fourth-order valence-electron chi connectivity index (χ4n) is 0.722. The van der Waals surface area contributed by atoms with Crippen LogP contribution in [-0.2, 0) is 0 Å². The van der Waals surface area contributed by atoms with Gasteiger partial charge in [0, 0.05) is 5.57 Å². The van der Waals surface area contributed by atoms with E-state index in [0.29, 0.717) is 0 Å². The molecule has 0 N–H and O–H groups in total. The zero-order valence-corrected chi connectivity index (χ0v) is 13.1. The molecule has 0 amide bonds. The molecule has 102 valence electrons. The molecule has 0 saturated carbocycles. The fraction of sp³-hybridized carbons (Fsp3) is 0.571. The Hall–Kier alpha value is -0.490. The van der Waals surface area contributed by atoms with Gasteiger partial charge in [0.25, 0.3) is 5.66 Å². The van der Waals surface area contributed by atoms with Crippen molar-refractivity contribution in [3.05, 3.63) is 36.0 Å². The molecule has 0 rings (SSSR count). The molecule has 0 aliphatic rings. The Balaban J connectivity index is -0.000000439. The van der Waals surface area contributed by atoms with Gasteiger partial charge in [-0.15, -0.1) is 0 Å². The molecule has 3 heteroatoms. The van der Waals surface area contributed by atoms with Gasteiger partial charge in [-0.1, -0.05) is 74.2 Å². The quantitative estimate of drug-likeness (QED) is 0.433. The van der Waals surface area contributed by atoms with Gasteiger partial charge in [0.2, 0.25) is 0 Å². The van der Waals surface area contributed by atoms with E-state index in [4.69, 9.17) is 0 Å². The monoisotopic (exact) mass is 264 g/mol. The van der Waals surface area contributed by atoms with Crippen LogP contribution in [0.4, 0.5) is 8.78 Å². The van der Waals surface area contributed by atoms with Crippen molar-refractivity contribution in [1.82, 2.24) is 0 Å². The lowest BCUT2D eigenvalue weighted by molar-refractivity contribution is 0.151. The summed E-state index contributed by atoms with van der Waals surface area (Å²) >= 11 is 0. The van der Waals surface area contributed by atoms with Gasteiger partial charge >= 0.3 is 0 Å². The lowest BCUT2D eigenvalue weighted by Gasteiger charge is -2.10. The van der Waals surface area contributed by atoms with E-state index >= 15 is 0 Å². The standard InChI is InChI=1S/C10H15F2P.2C2H6/c1-3-5-7-9(8-6-4-2)10(11,12)13;2*1-2/h3,5-8H,4,13H2,1-2H3;2*1-2H3/b5-3+,8-6-,9-7+;;. The number of rotatable bonds is 4. The van der Waals surface area contributed by atoms with E-state index in [0.717, 1.165) is 6.42 Å². The van der Waals surface area contributed by atoms with Crippen LogP contribution in [0.5, 0.6) is 0 Å². The van der Waals surface area contributed by atoms with Crippen LogP contribution in [0.2, 0.25) is 0 Å². The van der Waals surface area contributed by atoms with Gasteiger partial charge in [0.1, 0.15) is 0 Å². The van der Waals surface area contributed by atoms with Crippen molar-refractivity contribution >= 4 is 9.24 Å². The Morgan fingerprint density at radius 2 is 1.65 bits per heavy atom. The number of hydrogen-bond acceptors (Lipinski definition) is 0. The highest BCUT2D eigenvalue weighted by atomic mass is 31.0. The molecule has 0 aromatic carbocycles. The van der Waals surface area contributed by atoms with Crippen LogP contribution in [0.15, 0.2) is 36.0 Å². The Morgan fingerprint density at radius 3 is 1.94 bits per heavy atom. The molecule has 1 unspecified atom stereocenters. The second-order valence-electron chi connectivity index (χ2n) is 2.58. The minimum absolute atomic E-state index is 0.0115. The van der Waals surface area contributed by atoms with Crippen LogP contribution in [0.25, 0.3) is 0 Å². The van der Waals surface area contributed by atoms with E-state index in [1.165, 1.54) is 21.4 Å². The van der Waals surface area contributed by atoms with Crippen LogP contribution in [0.1, 0.15) is 48.0 Å². The lowest BCUT2D eigenvalue weighted by Crippen LogP contribution is -2.06. The number of allylic oxidation sites excluding steroid dienone is 6. The van der Waals surface area contributed by atoms with Crippen molar-refractivity contribution in [3.8, 4) is 0 Å². The van der Waals surface area contributed by atoms with E-state index in [1.54, 1.807) is 25.2 Å². The van der Waals surface area contributed by atoms with E-state index < -0.39 is 5.66 Å². The Bertz CT molecular complexity index is 223. The molecule has 0 radical (unpaired) electrons. The summed E-state index contributed by atoms with van der Waals surface area (Å²) in [4.78, 5) is 0. The molecular weight excluding hydrogens is 237 g/mol. The zero-order valence-electron chi connectivity index (χ0n) is 11.9. The first-order valence-corrected chi connectivity index (χ1v) is 6.76. The van der Waals surface area contributed by atoms with Gasteiger partial charge in [-0.3, -0.25) is 0 Å². The normalized spacial score (nSPS) is 11.9. The van der Waals surface area contributed by atoms with E-state index in [1.807, 2.05) is 34.6 Å². The van der Waals surface area contributed by atoms with Gasteiger partial charge in [-0.25, -0.2) is 0 Å². The van der Waals surface area contributed by atoms with Gasteiger partial charge in [0.05, 0.1) is 0 Å². The third-order valence-corrected chi connectivity index (χ3v) is 1.72. The summed E-state index contributed by atoms with van der Waals surface area (Å²) in [6, 6.07) is 0. The largest absolute Gasteiger partial charge is 0.283 e. The molecule has 0 heterocycles. The van der Waals surface area contributed by atoms with Crippen LogP contribution >= 0.6 is 9.24 Å². The molecule has 0 aromatic rings. The molecule has 0 bridgehead atoms. The lowest BCUT2D eigenvalue weighted by atomic mass is 10.2. The first-order chi connectivity index (χ1) is 8.02. The zero-order chi connectivity index (χ0) is 14.3. The Kier molecular flexibility index (Phi) is 19.9. The first kappa shape index (κ1) is 21.8. The number of hydrogen-bond donors (Lipinski definition) is 0. The smallest absolute Gasteiger partial charge is 0.197 e. The average Bonchev–Trinajstić information content (AvgIpc) is 2.33. The Morgan fingerprint density at radius 1 is 1.18 bits per heavy atom. The summed E-state index contributed by atoms with van der Waals surface area (Å²) in [7, 11) is 1.53. The topological polar surface area (TPSA) is 0 Å². The molecule has 0 nitrogen and oxygen atoms in total.